The Morgan fingerprint density at radius 3 is 2.67 bits per heavy atom. The Morgan fingerprint density at radius 1 is 1.56 bits per heavy atom. The molecule has 0 aliphatic rings. The van der Waals surface area contributed by atoms with Crippen LogP contribution in [0.4, 0.5) is 0 Å². The molecule has 3 nitrogen and oxygen atoms in total. The van der Waals surface area contributed by atoms with E-state index >= 15 is 0 Å². The van der Waals surface area contributed by atoms with Gasteiger partial charge in [0, 0.05) is 19.0 Å². The lowest BCUT2D eigenvalue weighted by molar-refractivity contribution is 0.176. The van der Waals surface area contributed by atoms with Crippen LogP contribution in [-0.2, 0) is 13.5 Å². The minimum absolute atomic E-state index is 0.435. The number of aliphatic hydroxyl groups is 1. The highest BCUT2D eigenvalue weighted by Gasteiger charge is 2.20. The van der Waals surface area contributed by atoms with Crippen LogP contribution in [-0.4, -0.2) is 14.9 Å². The predicted molar refractivity (Wildman–Crippen MR) is 78.6 cm³/mol. The second-order valence-electron chi connectivity index (χ2n) is 3.97. The number of aryl methyl sites for hydroxylation is 2. The van der Waals surface area contributed by atoms with Crippen molar-refractivity contribution < 1.29 is 5.11 Å². The average molecular weight is 370 g/mol. The zero-order chi connectivity index (χ0) is 13.4. The molecule has 0 aliphatic heterocycles. The number of nitrogens with zero attached hydrogens (tertiary/aromatic N) is 2. The lowest BCUT2D eigenvalue weighted by Gasteiger charge is -2.10. The van der Waals surface area contributed by atoms with Crippen LogP contribution in [0.5, 0.6) is 0 Å². The van der Waals surface area contributed by atoms with Crippen LogP contribution >= 0.6 is 50.5 Å². The Morgan fingerprint density at radius 2 is 2.22 bits per heavy atom. The monoisotopic (exact) mass is 368 g/mol. The van der Waals surface area contributed by atoms with Crippen molar-refractivity contribution in [3.63, 3.8) is 0 Å². The molecule has 0 amide bonds. The second-order valence-corrected chi connectivity index (χ2v) is 7.05. The zero-order valence-electron chi connectivity index (χ0n) is 9.75. The summed E-state index contributed by atoms with van der Waals surface area (Å²) in [6.07, 6.45) is -0.252. The quantitative estimate of drug-likeness (QED) is 0.882. The Kier molecular flexibility index (Phi) is 4.39. The zero-order valence-corrected chi connectivity index (χ0v) is 13.7. The first-order valence-corrected chi connectivity index (χ1v) is 7.57. The summed E-state index contributed by atoms with van der Waals surface area (Å²) < 4.78 is 3.78. The topological polar surface area (TPSA) is 38.0 Å². The number of hydrogen-bond donors (Lipinski definition) is 1. The van der Waals surface area contributed by atoms with Gasteiger partial charge in [0.1, 0.15) is 4.34 Å². The SMILES string of the molecule is Cc1nn(C)c(CC(O)c2cc(Cl)sc2Cl)c1Br. The van der Waals surface area contributed by atoms with Crippen molar-refractivity contribution in [2.75, 3.05) is 0 Å². The van der Waals surface area contributed by atoms with E-state index in [9.17, 15) is 5.11 Å². The van der Waals surface area contributed by atoms with E-state index in [1.165, 1.54) is 11.3 Å². The fourth-order valence-electron chi connectivity index (χ4n) is 1.78. The molecule has 1 atom stereocenters. The van der Waals surface area contributed by atoms with Gasteiger partial charge in [-0.1, -0.05) is 23.2 Å². The maximum Gasteiger partial charge on any atom is 0.100 e. The van der Waals surface area contributed by atoms with Gasteiger partial charge in [-0.2, -0.15) is 5.10 Å². The first-order valence-electron chi connectivity index (χ1n) is 5.21. The second kappa shape index (κ2) is 5.51. The van der Waals surface area contributed by atoms with E-state index in [1.807, 2.05) is 14.0 Å². The van der Waals surface area contributed by atoms with Crippen LogP contribution < -0.4 is 0 Å². The number of thiophene rings is 1. The van der Waals surface area contributed by atoms with Gasteiger partial charge in [-0.05, 0) is 28.9 Å². The highest BCUT2D eigenvalue weighted by Crippen LogP contribution is 2.36. The fraction of sp³-hybridized carbons (Fsp3) is 0.364. The molecule has 1 unspecified atom stereocenters. The first-order chi connectivity index (χ1) is 8.40. The summed E-state index contributed by atoms with van der Waals surface area (Å²) >= 11 is 16.6. The molecule has 0 fully saturated rings. The van der Waals surface area contributed by atoms with Gasteiger partial charge in [-0.3, -0.25) is 4.68 Å². The Bertz CT molecular complexity index is 582. The number of rotatable bonds is 3. The molecule has 0 saturated heterocycles. The van der Waals surface area contributed by atoms with Crippen molar-refractivity contribution in [1.82, 2.24) is 9.78 Å². The third-order valence-electron chi connectivity index (χ3n) is 2.69. The van der Waals surface area contributed by atoms with E-state index in [4.69, 9.17) is 23.2 Å². The van der Waals surface area contributed by atoms with Gasteiger partial charge in [0.25, 0.3) is 0 Å². The van der Waals surface area contributed by atoms with Crippen molar-refractivity contribution >= 4 is 50.5 Å². The van der Waals surface area contributed by atoms with E-state index in [-0.39, 0.29) is 0 Å². The molecule has 0 saturated carbocycles. The number of halogens is 3. The number of hydrogen-bond acceptors (Lipinski definition) is 3. The molecule has 0 aromatic carbocycles. The normalized spacial score (nSPS) is 13.0. The molecule has 18 heavy (non-hydrogen) atoms. The van der Waals surface area contributed by atoms with Crippen molar-refractivity contribution in [1.29, 1.82) is 0 Å². The molecule has 1 N–H and O–H groups in total. The van der Waals surface area contributed by atoms with Gasteiger partial charge in [0.15, 0.2) is 0 Å². The van der Waals surface area contributed by atoms with Crippen molar-refractivity contribution in [2.24, 2.45) is 7.05 Å². The van der Waals surface area contributed by atoms with E-state index in [0.717, 1.165) is 15.9 Å². The van der Waals surface area contributed by atoms with Crippen molar-refractivity contribution in [2.45, 2.75) is 19.4 Å². The largest absolute Gasteiger partial charge is 0.388 e. The molecule has 2 aromatic rings. The fourth-order valence-corrected chi connectivity index (χ4v) is 3.84. The van der Waals surface area contributed by atoms with Gasteiger partial charge in [-0.15, -0.1) is 11.3 Å². The van der Waals surface area contributed by atoms with Gasteiger partial charge >= 0.3 is 0 Å². The average Bonchev–Trinajstić information content (AvgIpc) is 2.73. The summed E-state index contributed by atoms with van der Waals surface area (Å²) in [6, 6.07) is 1.70. The maximum absolute atomic E-state index is 10.2. The number of aliphatic hydroxyl groups excluding tert-OH is 1. The van der Waals surface area contributed by atoms with Crippen molar-refractivity contribution in [3.05, 3.63) is 36.2 Å². The summed E-state index contributed by atoms with van der Waals surface area (Å²) in [4.78, 5) is 0. The molecule has 2 aromatic heterocycles. The molecule has 98 valence electrons. The summed E-state index contributed by atoms with van der Waals surface area (Å²) in [5, 5.41) is 14.5. The molecule has 0 bridgehead atoms. The number of aromatic nitrogens is 2. The highest BCUT2D eigenvalue weighted by atomic mass is 79.9. The van der Waals surface area contributed by atoms with Gasteiger partial charge in [-0.25, -0.2) is 0 Å². The van der Waals surface area contributed by atoms with Crippen LogP contribution in [0.3, 0.4) is 0 Å². The van der Waals surface area contributed by atoms with Gasteiger partial charge in [0.05, 0.1) is 26.3 Å². The summed E-state index contributed by atoms with van der Waals surface area (Å²) in [5.41, 5.74) is 2.49. The van der Waals surface area contributed by atoms with E-state index in [0.29, 0.717) is 20.7 Å². The Balaban J connectivity index is 2.26. The lowest BCUT2D eigenvalue weighted by Crippen LogP contribution is -2.06. The van der Waals surface area contributed by atoms with Gasteiger partial charge in [0.2, 0.25) is 0 Å². The van der Waals surface area contributed by atoms with E-state index in [2.05, 4.69) is 21.0 Å². The third kappa shape index (κ3) is 2.75. The summed E-state index contributed by atoms with van der Waals surface area (Å²) in [7, 11) is 1.85. The minimum Gasteiger partial charge on any atom is -0.388 e. The molecule has 7 heteroatoms. The highest BCUT2D eigenvalue weighted by molar-refractivity contribution is 9.10. The van der Waals surface area contributed by atoms with Crippen LogP contribution in [0.25, 0.3) is 0 Å². The lowest BCUT2D eigenvalue weighted by atomic mass is 10.1. The maximum atomic E-state index is 10.2. The third-order valence-corrected chi connectivity index (χ3v) is 5.24. The Labute approximate surface area is 127 Å². The van der Waals surface area contributed by atoms with E-state index < -0.39 is 6.10 Å². The van der Waals surface area contributed by atoms with Crippen molar-refractivity contribution in [3.8, 4) is 0 Å². The molecule has 2 heterocycles. The van der Waals surface area contributed by atoms with Gasteiger partial charge < -0.3 is 5.11 Å². The predicted octanol–water partition coefficient (Wildman–Crippen LogP) is 4.14. The molecular weight excluding hydrogens is 359 g/mol. The standard InChI is InChI=1S/C11H11BrCl2N2OS/c1-5-10(12)7(16(2)15-5)4-8(17)6-3-9(13)18-11(6)14/h3,8,17H,4H2,1-2H3. The molecule has 2 rings (SSSR count). The van der Waals surface area contributed by atoms with Crippen LogP contribution in [0, 0.1) is 6.92 Å². The molecule has 0 radical (unpaired) electrons. The first kappa shape index (κ1) is 14.3. The Hall–Kier alpha value is -0.0700. The molecule has 0 aliphatic carbocycles. The minimum atomic E-state index is -0.688. The molecule has 0 spiro atoms. The summed E-state index contributed by atoms with van der Waals surface area (Å²) in [5.74, 6) is 0. The van der Waals surface area contributed by atoms with Crippen LogP contribution in [0.15, 0.2) is 10.5 Å². The van der Waals surface area contributed by atoms with E-state index in [1.54, 1.807) is 10.7 Å². The molecular formula is C11H11BrCl2N2OS. The smallest absolute Gasteiger partial charge is 0.100 e. The summed E-state index contributed by atoms with van der Waals surface area (Å²) in [6.45, 7) is 1.91. The van der Waals surface area contributed by atoms with Crippen LogP contribution in [0.2, 0.25) is 8.67 Å². The van der Waals surface area contributed by atoms with Crippen LogP contribution in [0.1, 0.15) is 23.1 Å².